The van der Waals surface area contributed by atoms with Crippen molar-refractivity contribution in [3.8, 4) is 0 Å². The molecule has 0 radical (unpaired) electrons. The summed E-state index contributed by atoms with van der Waals surface area (Å²) in [5, 5.41) is 12.3. The normalized spacial score (nSPS) is 11.6. The van der Waals surface area contributed by atoms with Crippen LogP contribution in [-0.4, -0.2) is 40.0 Å². The standard InChI is InChI=1S/C8H13N3O4S/c1-2-3-11-7(9-6-10-11)4-16(14,15)5-8(12)13/h6H,2-5H2,1H3,(H,12,13). The molecule has 0 unspecified atom stereocenters. The second-order valence-corrected chi connectivity index (χ2v) is 5.39. The highest BCUT2D eigenvalue weighted by Crippen LogP contribution is 2.04. The molecular formula is C8H13N3O4S. The molecule has 0 spiro atoms. The van der Waals surface area contributed by atoms with Crippen LogP contribution in [0.3, 0.4) is 0 Å². The van der Waals surface area contributed by atoms with Gasteiger partial charge in [-0.1, -0.05) is 6.92 Å². The van der Waals surface area contributed by atoms with E-state index in [2.05, 4.69) is 10.1 Å². The predicted molar refractivity (Wildman–Crippen MR) is 55.4 cm³/mol. The first kappa shape index (κ1) is 12.6. The number of aliphatic carboxylic acids is 1. The molecule has 16 heavy (non-hydrogen) atoms. The fraction of sp³-hybridized carbons (Fsp3) is 0.625. The molecule has 1 rings (SSSR count). The maximum Gasteiger partial charge on any atom is 0.318 e. The number of hydrogen-bond acceptors (Lipinski definition) is 5. The molecule has 0 aliphatic carbocycles. The smallest absolute Gasteiger partial charge is 0.318 e. The summed E-state index contributed by atoms with van der Waals surface area (Å²) in [6, 6.07) is 0. The number of aryl methyl sites for hydroxylation is 1. The van der Waals surface area contributed by atoms with Crippen LogP contribution in [0, 0.1) is 0 Å². The number of carboxylic acids is 1. The molecule has 1 heterocycles. The van der Waals surface area contributed by atoms with Gasteiger partial charge in [0.2, 0.25) is 0 Å². The molecule has 8 heteroatoms. The van der Waals surface area contributed by atoms with Crippen molar-refractivity contribution in [2.75, 3.05) is 5.75 Å². The number of hydrogen-bond donors (Lipinski definition) is 1. The van der Waals surface area contributed by atoms with Crippen molar-refractivity contribution in [3.63, 3.8) is 0 Å². The summed E-state index contributed by atoms with van der Waals surface area (Å²) in [4.78, 5) is 14.1. The van der Waals surface area contributed by atoms with Crippen LogP contribution in [0.2, 0.25) is 0 Å². The third-order valence-electron chi connectivity index (χ3n) is 1.82. The van der Waals surface area contributed by atoms with Crippen LogP contribution < -0.4 is 0 Å². The van der Waals surface area contributed by atoms with Gasteiger partial charge in [-0.3, -0.25) is 4.79 Å². The SMILES string of the molecule is CCCn1ncnc1CS(=O)(=O)CC(=O)O. The van der Waals surface area contributed by atoms with Gasteiger partial charge in [0.05, 0.1) is 0 Å². The highest BCUT2D eigenvalue weighted by atomic mass is 32.2. The molecule has 1 aromatic heterocycles. The zero-order valence-electron chi connectivity index (χ0n) is 8.83. The van der Waals surface area contributed by atoms with Crippen molar-refractivity contribution in [1.82, 2.24) is 14.8 Å². The van der Waals surface area contributed by atoms with Gasteiger partial charge in [0.1, 0.15) is 23.7 Å². The number of rotatable bonds is 6. The molecule has 0 bridgehead atoms. The number of carboxylic acid groups (broad SMARTS) is 1. The Hall–Kier alpha value is -1.44. The molecular weight excluding hydrogens is 234 g/mol. The molecule has 0 aromatic carbocycles. The van der Waals surface area contributed by atoms with Crippen LogP contribution in [0.4, 0.5) is 0 Å². The van der Waals surface area contributed by atoms with Gasteiger partial charge in [-0.2, -0.15) is 5.10 Å². The van der Waals surface area contributed by atoms with Crippen LogP contribution in [0.15, 0.2) is 6.33 Å². The van der Waals surface area contributed by atoms with Crippen molar-refractivity contribution in [2.45, 2.75) is 25.6 Å². The van der Waals surface area contributed by atoms with Gasteiger partial charge >= 0.3 is 5.97 Å². The molecule has 0 amide bonds. The van der Waals surface area contributed by atoms with E-state index < -0.39 is 21.6 Å². The summed E-state index contributed by atoms with van der Waals surface area (Å²) in [5.74, 6) is -2.35. The van der Waals surface area contributed by atoms with E-state index in [0.717, 1.165) is 6.42 Å². The maximum atomic E-state index is 11.4. The summed E-state index contributed by atoms with van der Waals surface area (Å²) >= 11 is 0. The zero-order valence-corrected chi connectivity index (χ0v) is 9.64. The van der Waals surface area contributed by atoms with Gasteiger partial charge in [-0.25, -0.2) is 18.1 Å². The molecule has 0 saturated carbocycles. The quantitative estimate of drug-likeness (QED) is 0.739. The van der Waals surface area contributed by atoms with E-state index in [-0.39, 0.29) is 11.6 Å². The molecule has 1 N–H and O–H groups in total. The van der Waals surface area contributed by atoms with Gasteiger partial charge in [0.25, 0.3) is 0 Å². The second kappa shape index (κ2) is 5.06. The highest BCUT2D eigenvalue weighted by molar-refractivity contribution is 7.91. The minimum Gasteiger partial charge on any atom is -0.480 e. The summed E-state index contributed by atoms with van der Waals surface area (Å²) in [5.41, 5.74) is 0. The first-order chi connectivity index (χ1) is 7.44. The van der Waals surface area contributed by atoms with Gasteiger partial charge < -0.3 is 5.11 Å². The van der Waals surface area contributed by atoms with Crippen molar-refractivity contribution >= 4 is 15.8 Å². The van der Waals surface area contributed by atoms with Crippen LogP contribution in [0.5, 0.6) is 0 Å². The second-order valence-electron chi connectivity index (χ2n) is 3.33. The fourth-order valence-corrected chi connectivity index (χ4v) is 2.33. The van der Waals surface area contributed by atoms with Crippen LogP contribution >= 0.6 is 0 Å². The Morgan fingerprint density at radius 3 is 2.81 bits per heavy atom. The third kappa shape index (κ3) is 3.61. The molecule has 90 valence electrons. The van der Waals surface area contributed by atoms with Gasteiger partial charge in [-0.15, -0.1) is 0 Å². The lowest BCUT2D eigenvalue weighted by atomic mass is 10.5. The lowest BCUT2D eigenvalue weighted by Gasteiger charge is -2.04. The molecule has 0 atom stereocenters. The van der Waals surface area contributed by atoms with E-state index in [9.17, 15) is 13.2 Å². The lowest BCUT2D eigenvalue weighted by molar-refractivity contribution is -0.134. The molecule has 0 saturated heterocycles. The Labute approximate surface area is 93.0 Å². The predicted octanol–water partition coefficient (Wildman–Crippen LogP) is -0.313. The summed E-state index contributed by atoms with van der Waals surface area (Å²) in [6.45, 7) is 2.50. The van der Waals surface area contributed by atoms with Gasteiger partial charge in [0, 0.05) is 6.54 Å². The third-order valence-corrected chi connectivity index (χ3v) is 3.21. The number of carbonyl (C=O) groups is 1. The first-order valence-electron chi connectivity index (χ1n) is 4.73. The Balaban J connectivity index is 2.79. The van der Waals surface area contributed by atoms with Gasteiger partial charge in [-0.05, 0) is 6.42 Å². The lowest BCUT2D eigenvalue weighted by Crippen LogP contribution is -2.19. The minimum atomic E-state index is -3.67. The average Bonchev–Trinajstić information content (AvgIpc) is 2.50. The molecule has 0 aliphatic rings. The van der Waals surface area contributed by atoms with E-state index in [0.29, 0.717) is 6.54 Å². The molecule has 0 aliphatic heterocycles. The highest BCUT2D eigenvalue weighted by Gasteiger charge is 2.19. The van der Waals surface area contributed by atoms with E-state index in [1.165, 1.54) is 11.0 Å². The van der Waals surface area contributed by atoms with Crippen molar-refractivity contribution < 1.29 is 18.3 Å². The van der Waals surface area contributed by atoms with E-state index >= 15 is 0 Å². The Morgan fingerprint density at radius 1 is 1.56 bits per heavy atom. The van der Waals surface area contributed by atoms with Crippen LogP contribution in [-0.2, 0) is 26.9 Å². The van der Waals surface area contributed by atoms with E-state index in [4.69, 9.17) is 5.11 Å². The first-order valence-corrected chi connectivity index (χ1v) is 6.55. The summed E-state index contributed by atoms with van der Waals surface area (Å²) in [6.07, 6.45) is 2.07. The monoisotopic (exact) mass is 247 g/mol. The molecule has 0 fully saturated rings. The average molecular weight is 247 g/mol. The van der Waals surface area contributed by atoms with Gasteiger partial charge in [0.15, 0.2) is 9.84 Å². The Morgan fingerprint density at radius 2 is 2.25 bits per heavy atom. The maximum absolute atomic E-state index is 11.4. The van der Waals surface area contributed by atoms with E-state index in [1.807, 2.05) is 6.92 Å². The molecule has 1 aromatic rings. The molecule has 7 nitrogen and oxygen atoms in total. The topological polar surface area (TPSA) is 102 Å². The fourth-order valence-electron chi connectivity index (χ4n) is 1.23. The summed E-state index contributed by atoms with van der Waals surface area (Å²) < 4.78 is 24.3. The zero-order chi connectivity index (χ0) is 12.2. The van der Waals surface area contributed by atoms with E-state index in [1.54, 1.807) is 0 Å². The Bertz CT molecular complexity index is 465. The number of sulfone groups is 1. The van der Waals surface area contributed by atoms with Crippen molar-refractivity contribution in [1.29, 1.82) is 0 Å². The largest absolute Gasteiger partial charge is 0.480 e. The van der Waals surface area contributed by atoms with Crippen LogP contribution in [0.1, 0.15) is 19.2 Å². The Kier molecular flexibility index (Phi) is 3.99. The summed E-state index contributed by atoms with van der Waals surface area (Å²) in [7, 11) is -3.67. The van der Waals surface area contributed by atoms with Crippen molar-refractivity contribution in [2.24, 2.45) is 0 Å². The number of nitrogens with zero attached hydrogens (tertiary/aromatic N) is 3. The van der Waals surface area contributed by atoms with Crippen LogP contribution in [0.25, 0.3) is 0 Å². The number of aromatic nitrogens is 3. The minimum absolute atomic E-state index is 0.281. The van der Waals surface area contributed by atoms with Crippen molar-refractivity contribution in [3.05, 3.63) is 12.2 Å².